The van der Waals surface area contributed by atoms with Crippen molar-refractivity contribution in [3.8, 4) is 0 Å². The summed E-state index contributed by atoms with van der Waals surface area (Å²) in [5, 5.41) is 3.63. The van der Waals surface area contributed by atoms with E-state index in [0.29, 0.717) is 0 Å². The van der Waals surface area contributed by atoms with Gasteiger partial charge in [0, 0.05) is 25.2 Å². The molecule has 0 aromatic heterocycles. The second-order valence-electron chi connectivity index (χ2n) is 8.95. The normalized spacial score (nSPS) is 53.7. The molecule has 2 unspecified atom stereocenters. The lowest BCUT2D eigenvalue weighted by Gasteiger charge is -2.57. The average molecular weight is 274 g/mol. The Bertz CT molecular complexity index is 340. The van der Waals surface area contributed by atoms with Crippen LogP contribution in [0.4, 0.5) is 0 Å². The molecule has 6 rings (SSSR count). The van der Waals surface area contributed by atoms with E-state index in [2.05, 4.69) is 10.2 Å². The summed E-state index contributed by atoms with van der Waals surface area (Å²) in [6.45, 7) is 3.94. The fourth-order valence-electron chi connectivity index (χ4n) is 7.20. The van der Waals surface area contributed by atoms with Crippen LogP contribution in [0.25, 0.3) is 0 Å². The highest BCUT2D eigenvalue weighted by Gasteiger charge is 2.51. The van der Waals surface area contributed by atoms with Gasteiger partial charge in [-0.15, -0.1) is 0 Å². The lowest BCUT2D eigenvalue weighted by molar-refractivity contribution is -0.0633. The first-order valence-corrected chi connectivity index (χ1v) is 9.26. The van der Waals surface area contributed by atoms with Crippen LogP contribution in [0.3, 0.4) is 0 Å². The zero-order valence-electron chi connectivity index (χ0n) is 12.8. The van der Waals surface area contributed by atoms with Crippen LogP contribution in [-0.4, -0.2) is 36.6 Å². The van der Waals surface area contributed by atoms with Gasteiger partial charge in [-0.2, -0.15) is 0 Å². The molecule has 4 saturated carbocycles. The predicted molar refractivity (Wildman–Crippen MR) is 81.6 cm³/mol. The Morgan fingerprint density at radius 1 is 0.850 bits per heavy atom. The van der Waals surface area contributed by atoms with Crippen molar-refractivity contribution in [2.24, 2.45) is 23.2 Å². The van der Waals surface area contributed by atoms with Gasteiger partial charge in [0.15, 0.2) is 0 Å². The Kier molecular flexibility index (Phi) is 2.78. The topological polar surface area (TPSA) is 15.3 Å². The Balaban J connectivity index is 1.28. The fraction of sp³-hybridized carbons (Fsp3) is 1.00. The van der Waals surface area contributed by atoms with Crippen molar-refractivity contribution < 1.29 is 0 Å². The van der Waals surface area contributed by atoms with Crippen molar-refractivity contribution in [3.63, 3.8) is 0 Å². The van der Waals surface area contributed by atoms with Gasteiger partial charge in [0.1, 0.15) is 0 Å². The lowest BCUT2D eigenvalue weighted by Crippen LogP contribution is -2.53. The van der Waals surface area contributed by atoms with Gasteiger partial charge in [-0.25, -0.2) is 0 Å². The summed E-state index contributed by atoms with van der Waals surface area (Å²) < 4.78 is 0. The van der Waals surface area contributed by atoms with E-state index in [1.54, 1.807) is 38.5 Å². The van der Waals surface area contributed by atoms with Gasteiger partial charge in [-0.3, -0.25) is 4.90 Å². The molecule has 2 saturated heterocycles. The van der Waals surface area contributed by atoms with Crippen molar-refractivity contribution in [2.45, 2.75) is 69.9 Å². The van der Waals surface area contributed by atoms with Gasteiger partial charge < -0.3 is 5.32 Å². The Labute approximate surface area is 123 Å². The zero-order chi connectivity index (χ0) is 13.2. The molecule has 2 heterocycles. The number of nitrogens with one attached hydrogen (secondary N) is 1. The maximum Gasteiger partial charge on any atom is 0.0224 e. The first-order chi connectivity index (χ1) is 9.80. The molecule has 0 spiro atoms. The summed E-state index contributed by atoms with van der Waals surface area (Å²) in [5.41, 5.74) is 0.791. The molecule has 112 valence electrons. The van der Waals surface area contributed by atoms with Crippen LogP contribution in [0, 0.1) is 23.2 Å². The number of nitrogens with zero attached hydrogens (tertiary/aromatic N) is 1. The summed E-state index contributed by atoms with van der Waals surface area (Å²) in [5.74, 6) is 3.38. The maximum atomic E-state index is 3.63. The smallest absolute Gasteiger partial charge is 0.0224 e. The van der Waals surface area contributed by atoms with Crippen LogP contribution in [0.1, 0.15) is 57.8 Å². The summed E-state index contributed by atoms with van der Waals surface area (Å²) in [4.78, 5) is 2.90. The molecule has 6 aliphatic rings. The van der Waals surface area contributed by atoms with Crippen LogP contribution in [-0.2, 0) is 0 Å². The second-order valence-corrected chi connectivity index (χ2v) is 8.95. The number of hydrogen-bond acceptors (Lipinski definition) is 2. The molecule has 0 amide bonds. The second kappa shape index (κ2) is 4.46. The van der Waals surface area contributed by atoms with E-state index in [0.717, 1.165) is 35.3 Å². The molecular weight excluding hydrogens is 244 g/mol. The van der Waals surface area contributed by atoms with Crippen LogP contribution in [0.2, 0.25) is 0 Å². The van der Waals surface area contributed by atoms with Gasteiger partial charge in [0.05, 0.1) is 0 Å². The van der Waals surface area contributed by atoms with E-state index in [1.165, 1.54) is 38.9 Å². The van der Waals surface area contributed by atoms with Gasteiger partial charge >= 0.3 is 0 Å². The predicted octanol–water partition coefficient (Wildman–Crippen LogP) is 3.03. The van der Waals surface area contributed by atoms with Gasteiger partial charge in [-0.1, -0.05) is 0 Å². The molecule has 6 bridgehead atoms. The van der Waals surface area contributed by atoms with Crippen LogP contribution < -0.4 is 5.32 Å². The number of rotatable bonds is 3. The molecule has 0 aromatic carbocycles. The van der Waals surface area contributed by atoms with Gasteiger partial charge in [0.2, 0.25) is 0 Å². The van der Waals surface area contributed by atoms with Crippen molar-refractivity contribution in [1.29, 1.82) is 0 Å². The third-order valence-electron chi connectivity index (χ3n) is 7.60. The van der Waals surface area contributed by atoms with Crippen molar-refractivity contribution in [1.82, 2.24) is 10.2 Å². The van der Waals surface area contributed by atoms with Crippen molar-refractivity contribution in [2.75, 3.05) is 19.6 Å². The highest BCUT2D eigenvalue weighted by molar-refractivity contribution is 5.02. The monoisotopic (exact) mass is 274 g/mol. The van der Waals surface area contributed by atoms with Gasteiger partial charge in [-0.05, 0) is 87.5 Å². The third-order valence-corrected chi connectivity index (χ3v) is 7.60. The van der Waals surface area contributed by atoms with E-state index in [-0.39, 0.29) is 0 Å². The largest absolute Gasteiger partial charge is 0.314 e. The summed E-state index contributed by atoms with van der Waals surface area (Å²) in [7, 11) is 0. The van der Waals surface area contributed by atoms with Crippen LogP contribution in [0.15, 0.2) is 0 Å². The first-order valence-electron chi connectivity index (χ1n) is 9.26. The van der Waals surface area contributed by atoms with E-state index in [4.69, 9.17) is 0 Å². The summed E-state index contributed by atoms with van der Waals surface area (Å²) in [6, 6.07) is 1.75. The standard InChI is InChI=1S/C18H30N2/c1-2-17-12-19-11-16(1)20(17)4-3-18-8-13-5-14(9-18)7-15(6-13)10-18/h13-17,19H,1-12H2. The first kappa shape index (κ1) is 12.5. The maximum absolute atomic E-state index is 3.63. The molecule has 20 heavy (non-hydrogen) atoms. The van der Waals surface area contributed by atoms with Crippen molar-refractivity contribution >= 4 is 0 Å². The molecule has 2 heteroatoms. The van der Waals surface area contributed by atoms with Crippen LogP contribution >= 0.6 is 0 Å². The number of hydrogen-bond donors (Lipinski definition) is 1. The lowest BCUT2D eigenvalue weighted by atomic mass is 9.49. The Morgan fingerprint density at radius 2 is 1.40 bits per heavy atom. The molecule has 6 fully saturated rings. The average Bonchev–Trinajstić information content (AvgIpc) is 2.64. The molecule has 0 aromatic rings. The van der Waals surface area contributed by atoms with Gasteiger partial charge in [0.25, 0.3) is 0 Å². The van der Waals surface area contributed by atoms with E-state index >= 15 is 0 Å². The molecule has 0 radical (unpaired) electrons. The minimum atomic E-state index is 0.791. The highest BCUT2D eigenvalue weighted by atomic mass is 15.3. The highest BCUT2D eigenvalue weighted by Crippen LogP contribution is 2.61. The zero-order valence-corrected chi connectivity index (χ0v) is 12.8. The summed E-state index contributed by atoms with van der Waals surface area (Å²) >= 11 is 0. The third kappa shape index (κ3) is 1.90. The fourth-order valence-corrected chi connectivity index (χ4v) is 7.20. The molecule has 2 nitrogen and oxygen atoms in total. The van der Waals surface area contributed by atoms with Crippen molar-refractivity contribution in [3.05, 3.63) is 0 Å². The molecule has 4 aliphatic carbocycles. The number of fused-ring (bicyclic) bond motifs is 2. The SMILES string of the molecule is C1C2CC3CC1CC(CCN1C4CCC1CNC4)(C2)C3. The molecule has 2 aliphatic heterocycles. The molecule has 2 atom stereocenters. The summed E-state index contributed by atoms with van der Waals surface area (Å²) in [6.07, 6.45) is 14.0. The van der Waals surface area contributed by atoms with E-state index in [9.17, 15) is 0 Å². The minimum absolute atomic E-state index is 0.791. The minimum Gasteiger partial charge on any atom is -0.314 e. The van der Waals surface area contributed by atoms with E-state index < -0.39 is 0 Å². The number of piperazine rings is 1. The van der Waals surface area contributed by atoms with Crippen LogP contribution in [0.5, 0.6) is 0 Å². The quantitative estimate of drug-likeness (QED) is 0.851. The molecular formula is C18H30N2. The van der Waals surface area contributed by atoms with E-state index in [1.807, 2.05) is 0 Å². The Morgan fingerprint density at radius 3 is 1.95 bits per heavy atom. The Hall–Kier alpha value is -0.0800. The molecule has 1 N–H and O–H groups in total.